The standard InChI is InChI=1S/C23H22N4O3S2/c28-23(24-15-14-17-8-3-1-4-9-17)20(16-18-10-5-2-6-11-18)27-32(29,30)21-13-7-12-19-22(21)26-31-25-19/h1-13,20,27H,14-16H2,(H,24,28)/t20-/m1/s1. The van der Waals surface area contributed by atoms with Gasteiger partial charge in [-0.3, -0.25) is 4.79 Å². The fourth-order valence-corrected chi connectivity index (χ4v) is 5.35. The van der Waals surface area contributed by atoms with E-state index in [9.17, 15) is 13.2 Å². The van der Waals surface area contributed by atoms with Gasteiger partial charge in [0.05, 0.1) is 11.7 Å². The Balaban J connectivity index is 1.53. The molecule has 3 aromatic carbocycles. The van der Waals surface area contributed by atoms with Crippen LogP contribution in [-0.4, -0.2) is 35.7 Å². The molecular formula is C23H22N4O3S2. The van der Waals surface area contributed by atoms with E-state index in [0.717, 1.165) is 22.9 Å². The van der Waals surface area contributed by atoms with Gasteiger partial charge in [0.25, 0.3) is 0 Å². The molecule has 0 saturated carbocycles. The van der Waals surface area contributed by atoms with E-state index < -0.39 is 16.1 Å². The van der Waals surface area contributed by atoms with Gasteiger partial charge >= 0.3 is 0 Å². The minimum atomic E-state index is -4.00. The van der Waals surface area contributed by atoms with Crippen LogP contribution in [0, 0.1) is 0 Å². The normalized spacial score (nSPS) is 12.5. The van der Waals surface area contributed by atoms with Gasteiger partial charge < -0.3 is 5.32 Å². The molecule has 0 aliphatic heterocycles. The fourth-order valence-electron chi connectivity index (χ4n) is 3.38. The van der Waals surface area contributed by atoms with Crippen molar-refractivity contribution in [3.8, 4) is 0 Å². The smallest absolute Gasteiger partial charge is 0.243 e. The number of benzene rings is 3. The lowest BCUT2D eigenvalue weighted by Gasteiger charge is -2.19. The highest BCUT2D eigenvalue weighted by molar-refractivity contribution is 7.89. The predicted molar refractivity (Wildman–Crippen MR) is 125 cm³/mol. The molecule has 0 saturated heterocycles. The number of rotatable bonds is 9. The molecule has 164 valence electrons. The molecule has 0 radical (unpaired) electrons. The Bertz CT molecular complexity index is 1290. The van der Waals surface area contributed by atoms with Crippen LogP contribution in [0.4, 0.5) is 0 Å². The summed E-state index contributed by atoms with van der Waals surface area (Å²) in [7, 11) is -4.00. The van der Waals surface area contributed by atoms with Gasteiger partial charge in [0.15, 0.2) is 0 Å². The van der Waals surface area contributed by atoms with Crippen molar-refractivity contribution in [1.29, 1.82) is 0 Å². The van der Waals surface area contributed by atoms with E-state index in [1.165, 1.54) is 6.07 Å². The highest BCUT2D eigenvalue weighted by Crippen LogP contribution is 2.21. The molecule has 4 rings (SSSR count). The molecule has 1 atom stereocenters. The number of sulfonamides is 1. The zero-order chi connectivity index (χ0) is 22.4. The first-order chi connectivity index (χ1) is 15.5. The lowest BCUT2D eigenvalue weighted by Crippen LogP contribution is -2.48. The van der Waals surface area contributed by atoms with Crippen molar-refractivity contribution >= 4 is 38.7 Å². The Hall–Kier alpha value is -3.14. The van der Waals surface area contributed by atoms with Gasteiger partial charge in [-0.1, -0.05) is 66.7 Å². The van der Waals surface area contributed by atoms with Gasteiger partial charge in [0.1, 0.15) is 22.0 Å². The predicted octanol–water partition coefficient (Wildman–Crippen LogP) is 2.94. The molecular weight excluding hydrogens is 444 g/mol. The zero-order valence-corrected chi connectivity index (χ0v) is 18.8. The molecule has 0 bridgehead atoms. The van der Waals surface area contributed by atoms with Gasteiger partial charge in [-0.2, -0.15) is 13.5 Å². The van der Waals surface area contributed by atoms with E-state index in [0.29, 0.717) is 24.0 Å². The topological polar surface area (TPSA) is 101 Å². The third kappa shape index (κ3) is 5.37. The summed E-state index contributed by atoms with van der Waals surface area (Å²) in [6.45, 7) is 0.404. The molecule has 9 heteroatoms. The Morgan fingerprint density at radius 1 is 0.875 bits per heavy atom. The van der Waals surface area contributed by atoms with Gasteiger partial charge in [-0.05, 0) is 36.1 Å². The first kappa shape index (κ1) is 22.1. The summed E-state index contributed by atoms with van der Waals surface area (Å²) in [5.74, 6) is -0.378. The van der Waals surface area contributed by atoms with Crippen LogP contribution in [0.3, 0.4) is 0 Å². The van der Waals surface area contributed by atoms with Gasteiger partial charge in [0, 0.05) is 6.54 Å². The SMILES string of the molecule is O=C(NCCc1ccccc1)[C@@H](Cc1ccccc1)NS(=O)(=O)c1cccc2nsnc12. The summed E-state index contributed by atoms with van der Waals surface area (Å²) in [4.78, 5) is 13.0. The van der Waals surface area contributed by atoms with Crippen LogP contribution in [0.1, 0.15) is 11.1 Å². The van der Waals surface area contributed by atoms with E-state index in [-0.39, 0.29) is 17.2 Å². The molecule has 1 amide bonds. The highest BCUT2D eigenvalue weighted by Gasteiger charge is 2.28. The quantitative estimate of drug-likeness (QED) is 0.395. The average Bonchev–Trinajstić information content (AvgIpc) is 3.29. The lowest BCUT2D eigenvalue weighted by molar-refractivity contribution is -0.122. The molecule has 1 heterocycles. The molecule has 2 N–H and O–H groups in total. The van der Waals surface area contributed by atoms with Crippen LogP contribution in [-0.2, 0) is 27.7 Å². The Morgan fingerprint density at radius 3 is 2.28 bits per heavy atom. The van der Waals surface area contributed by atoms with Crippen LogP contribution in [0.2, 0.25) is 0 Å². The van der Waals surface area contributed by atoms with E-state index in [2.05, 4.69) is 18.8 Å². The summed E-state index contributed by atoms with van der Waals surface area (Å²) in [6, 6.07) is 22.9. The monoisotopic (exact) mass is 466 g/mol. The first-order valence-electron chi connectivity index (χ1n) is 10.1. The van der Waals surface area contributed by atoms with Crippen molar-refractivity contribution in [2.24, 2.45) is 0 Å². The number of carbonyl (C=O) groups is 1. The highest BCUT2D eigenvalue weighted by atomic mass is 32.2. The third-order valence-electron chi connectivity index (χ3n) is 4.99. The van der Waals surface area contributed by atoms with Crippen molar-refractivity contribution in [2.45, 2.75) is 23.8 Å². The van der Waals surface area contributed by atoms with Crippen molar-refractivity contribution in [3.05, 3.63) is 90.0 Å². The molecule has 0 aliphatic rings. The van der Waals surface area contributed by atoms with Gasteiger partial charge in [-0.15, -0.1) is 0 Å². The van der Waals surface area contributed by atoms with E-state index in [4.69, 9.17) is 0 Å². The lowest BCUT2D eigenvalue weighted by atomic mass is 10.1. The second kappa shape index (κ2) is 9.99. The number of hydrogen-bond donors (Lipinski definition) is 2. The Kier molecular flexibility index (Phi) is 6.89. The molecule has 4 aromatic rings. The number of fused-ring (bicyclic) bond motifs is 1. The average molecular weight is 467 g/mol. The number of nitrogens with one attached hydrogen (secondary N) is 2. The van der Waals surface area contributed by atoms with Crippen LogP contribution < -0.4 is 10.0 Å². The molecule has 32 heavy (non-hydrogen) atoms. The second-order valence-corrected chi connectivity index (χ2v) is 9.49. The number of amides is 1. The summed E-state index contributed by atoms with van der Waals surface area (Å²) in [5.41, 5.74) is 2.75. The number of carbonyl (C=O) groups excluding carboxylic acids is 1. The summed E-state index contributed by atoms with van der Waals surface area (Å²) >= 11 is 0.948. The van der Waals surface area contributed by atoms with Crippen molar-refractivity contribution in [2.75, 3.05) is 6.54 Å². The molecule has 0 fully saturated rings. The molecule has 1 aromatic heterocycles. The Labute approximate surface area is 190 Å². The largest absolute Gasteiger partial charge is 0.354 e. The molecule has 0 spiro atoms. The van der Waals surface area contributed by atoms with E-state index in [1.807, 2.05) is 60.7 Å². The van der Waals surface area contributed by atoms with E-state index >= 15 is 0 Å². The van der Waals surface area contributed by atoms with Crippen LogP contribution in [0.5, 0.6) is 0 Å². The molecule has 0 aliphatic carbocycles. The van der Waals surface area contributed by atoms with Crippen molar-refractivity contribution in [3.63, 3.8) is 0 Å². The minimum absolute atomic E-state index is 0.0129. The maximum atomic E-state index is 13.2. The maximum Gasteiger partial charge on any atom is 0.243 e. The summed E-state index contributed by atoms with van der Waals surface area (Å²) < 4.78 is 37.2. The van der Waals surface area contributed by atoms with Gasteiger partial charge in [-0.25, -0.2) is 8.42 Å². The Morgan fingerprint density at radius 2 is 1.56 bits per heavy atom. The van der Waals surface area contributed by atoms with Crippen LogP contribution in [0.15, 0.2) is 83.8 Å². The molecule has 7 nitrogen and oxygen atoms in total. The number of hydrogen-bond acceptors (Lipinski definition) is 6. The zero-order valence-electron chi connectivity index (χ0n) is 17.1. The number of nitrogens with zero attached hydrogens (tertiary/aromatic N) is 2. The number of aromatic nitrogens is 2. The van der Waals surface area contributed by atoms with Crippen LogP contribution in [0.25, 0.3) is 11.0 Å². The summed E-state index contributed by atoms with van der Waals surface area (Å²) in [5, 5.41) is 2.87. The minimum Gasteiger partial charge on any atom is -0.354 e. The molecule has 0 unspecified atom stereocenters. The van der Waals surface area contributed by atoms with E-state index in [1.54, 1.807) is 12.1 Å². The first-order valence-corrected chi connectivity index (χ1v) is 12.3. The fraction of sp³-hybridized carbons (Fsp3) is 0.174. The van der Waals surface area contributed by atoms with Gasteiger partial charge in [0.2, 0.25) is 15.9 Å². The maximum absolute atomic E-state index is 13.2. The van der Waals surface area contributed by atoms with Crippen molar-refractivity contribution in [1.82, 2.24) is 18.8 Å². The van der Waals surface area contributed by atoms with Crippen molar-refractivity contribution < 1.29 is 13.2 Å². The van der Waals surface area contributed by atoms with Crippen LogP contribution >= 0.6 is 11.7 Å². The second-order valence-electron chi connectivity index (χ2n) is 7.28. The summed E-state index contributed by atoms with van der Waals surface area (Å²) in [6.07, 6.45) is 0.879. The third-order valence-corrected chi connectivity index (χ3v) is 7.04.